The van der Waals surface area contributed by atoms with E-state index in [4.69, 9.17) is 4.74 Å². The molecule has 0 unspecified atom stereocenters. The van der Waals surface area contributed by atoms with Crippen LogP contribution in [0, 0.1) is 0 Å². The van der Waals surface area contributed by atoms with Crippen molar-refractivity contribution in [2.75, 3.05) is 4.31 Å². The number of hydrogen-bond acceptors (Lipinski definition) is 4. The molecule has 4 rings (SSSR count). The van der Waals surface area contributed by atoms with E-state index in [1.807, 2.05) is 18.2 Å². The summed E-state index contributed by atoms with van der Waals surface area (Å²) in [5.74, 6) is 1.03. The lowest BCUT2D eigenvalue weighted by molar-refractivity contribution is -0.0438. The molecule has 9 heteroatoms. The number of fused-ring (bicyclic) bond motifs is 1. The molecule has 32 heavy (non-hydrogen) atoms. The van der Waals surface area contributed by atoms with Crippen LogP contribution in [0.3, 0.4) is 0 Å². The number of aromatic nitrogens is 1. The largest absolute Gasteiger partial charge is 0.516 e. The van der Waals surface area contributed by atoms with Gasteiger partial charge in [0.05, 0.1) is 12.2 Å². The molecule has 0 fully saturated rings. The zero-order valence-corrected chi connectivity index (χ0v) is 17.9. The number of aryl methyl sites for hydroxylation is 2. The second kappa shape index (κ2) is 8.82. The molecule has 0 saturated carbocycles. The summed E-state index contributed by atoms with van der Waals surface area (Å²) >= 11 is 0. The van der Waals surface area contributed by atoms with Gasteiger partial charge < -0.3 is 4.74 Å². The fraction of sp³-hybridized carbons (Fsp3) is 0.261. The number of sulfonamides is 1. The van der Waals surface area contributed by atoms with Crippen LogP contribution in [0.15, 0.2) is 67.0 Å². The lowest BCUT2D eigenvalue weighted by Gasteiger charge is -2.25. The molecule has 1 aliphatic carbocycles. The molecule has 1 aliphatic rings. The molecule has 0 saturated heterocycles. The minimum atomic E-state index is -5.61. The molecule has 0 amide bonds. The van der Waals surface area contributed by atoms with Crippen LogP contribution < -0.4 is 9.04 Å². The Labute approximate surface area is 184 Å². The molecule has 2 aromatic carbocycles. The van der Waals surface area contributed by atoms with Gasteiger partial charge in [-0.25, -0.2) is 0 Å². The number of anilines is 1. The third-order valence-electron chi connectivity index (χ3n) is 5.31. The van der Waals surface area contributed by atoms with Crippen molar-refractivity contribution in [2.24, 2.45) is 0 Å². The van der Waals surface area contributed by atoms with Gasteiger partial charge in [0, 0.05) is 12.4 Å². The van der Waals surface area contributed by atoms with Crippen molar-refractivity contribution >= 4 is 15.7 Å². The second-order valence-electron chi connectivity index (χ2n) is 7.55. The first-order valence-corrected chi connectivity index (χ1v) is 11.6. The first-order chi connectivity index (χ1) is 15.2. The molecule has 0 N–H and O–H groups in total. The van der Waals surface area contributed by atoms with Crippen molar-refractivity contribution in [3.63, 3.8) is 0 Å². The van der Waals surface area contributed by atoms with Gasteiger partial charge in [0.1, 0.15) is 11.5 Å². The standard InChI is InChI=1S/C23H21F3N2O3S/c24-23(25,26)32(29,30)28(16-17-4-3-13-27-15-17)20-8-11-21(12-9-20)31-22-10-7-18-5-1-2-6-19(18)14-22/h3-4,7-15H,1-2,5-6,16H2. The molecule has 1 heterocycles. The highest BCUT2D eigenvalue weighted by Gasteiger charge is 2.50. The van der Waals surface area contributed by atoms with Gasteiger partial charge in [-0.05, 0) is 84.8 Å². The number of nitrogens with zero attached hydrogens (tertiary/aromatic N) is 2. The Kier molecular flexibility index (Phi) is 6.10. The van der Waals surface area contributed by atoms with E-state index in [-0.39, 0.29) is 5.69 Å². The predicted octanol–water partition coefficient (Wildman–Crippen LogP) is 5.61. The second-order valence-corrected chi connectivity index (χ2v) is 9.41. The number of ether oxygens (including phenoxy) is 1. The molecule has 0 aliphatic heterocycles. The zero-order chi connectivity index (χ0) is 22.8. The van der Waals surface area contributed by atoms with Gasteiger partial charge in [-0.1, -0.05) is 12.1 Å². The van der Waals surface area contributed by atoms with Gasteiger partial charge in [0.25, 0.3) is 0 Å². The van der Waals surface area contributed by atoms with Gasteiger partial charge in [-0.3, -0.25) is 9.29 Å². The number of benzene rings is 2. The van der Waals surface area contributed by atoms with Crippen molar-refractivity contribution in [1.29, 1.82) is 0 Å². The van der Waals surface area contributed by atoms with E-state index in [1.165, 1.54) is 66.3 Å². The lowest BCUT2D eigenvalue weighted by atomic mass is 9.92. The van der Waals surface area contributed by atoms with Crippen LogP contribution in [-0.2, 0) is 29.4 Å². The van der Waals surface area contributed by atoms with E-state index in [2.05, 4.69) is 4.98 Å². The first-order valence-electron chi connectivity index (χ1n) is 10.1. The molecule has 5 nitrogen and oxygen atoms in total. The number of alkyl halides is 3. The van der Waals surface area contributed by atoms with Crippen molar-refractivity contribution < 1.29 is 26.3 Å². The minimum absolute atomic E-state index is 0.121. The van der Waals surface area contributed by atoms with Crippen molar-refractivity contribution in [3.05, 3.63) is 83.7 Å². The van der Waals surface area contributed by atoms with Gasteiger partial charge in [0.15, 0.2) is 0 Å². The van der Waals surface area contributed by atoms with Crippen LogP contribution in [0.4, 0.5) is 18.9 Å². The molecule has 168 valence electrons. The van der Waals surface area contributed by atoms with Crippen LogP contribution in [0.2, 0.25) is 0 Å². The lowest BCUT2D eigenvalue weighted by Crippen LogP contribution is -2.40. The van der Waals surface area contributed by atoms with E-state index in [9.17, 15) is 21.6 Å². The number of pyridine rings is 1. The Morgan fingerprint density at radius 2 is 1.62 bits per heavy atom. The maximum Gasteiger partial charge on any atom is 0.516 e. The van der Waals surface area contributed by atoms with Crippen LogP contribution in [-0.4, -0.2) is 18.9 Å². The number of halogens is 3. The maximum absolute atomic E-state index is 13.3. The number of rotatable bonds is 6. The molecule has 0 radical (unpaired) electrons. The maximum atomic E-state index is 13.3. The molecule has 1 aromatic heterocycles. The minimum Gasteiger partial charge on any atom is -0.457 e. The van der Waals surface area contributed by atoms with Gasteiger partial charge in [-0.2, -0.15) is 21.6 Å². The Morgan fingerprint density at radius 3 is 2.28 bits per heavy atom. The van der Waals surface area contributed by atoms with E-state index < -0.39 is 22.1 Å². The van der Waals surface area contributed by atoms with Gasteiger partial charge in [0.2, 0.25) is 0 Å². The summed E-state index contributed by atoms with van der Waals surface area (Å²) in [7, 11) is -5.61. The summed E-state index contributed by atoms with van der Waals surface area (Å²) in [5, 5.41) is 0. The third-order valence-corrected chi connectivity index (χ3v) is 6.82. The van der Waals surface area contributed by atoms with E-state index in [1.54, 1.807) is 0 Å². The van der Waals surface area contributed by atoms with Crippen molar-refractivity contribution in [2.45, 2.75) is 37.7 Å². The summed E-state index contributed by atoms with van der Waals surface area (Å²) < 4.78 is 70.5. The molecule has 0 spiro atoms. The van der Waals surface area contributed by atoms with Crippen LogP contribution >= 0.6 is 0 Å². The summed E-state index contributed by atoms with van der Waals surface area (Å²) in [6.45, 7) is -0.499. The topological polar surface area (TPSA) is 59.5 Å². The smallest absolute Gasteiger partial charge is 0.457 e. The van der Waals surface area contributed by atoms with E-state index in [0.29, 0.717) is 21.4 Å². The monoisotopic (exact) mass is 462 g/mol. The Morgan fingerprint density at radius 1 is 0.938 bits per heavy atom. The SMILES string of the molecule is O=S(=O)(N(Cc1cccnc1)c1ccc(Oc2ccc3c(c2)CCCC3)cc1)C(F)(F)F. The summed E-state index contributed by atoms with van der Waals surface area (Å²) in [6.07, 6.45) is 7.12. The third kappa shape index (κ3) is 4.72. The Hall–Kier alpha value is -3.07. The fourth-order valence-electron chi connectivity index (χ4n) is 3.69. The van der Waals surface area contributed by atoms with E-state index in [0.717, 1.165) is 19.3 Å². The first kappa shape index (κ1) is 22.1. The molecule has 0 bridgehead atoms. The predicted molar refractivity (Wildman–Crippen MR) is 115 cm³/mol. The van der Waals surface area contributed by atoms with Crippen LogP contribution in [0.5, 0.6) is 11.5 Å². The average Bonchev–Trinajstić information content (AvgIpc) is 2.78. The summed E-state index contributed by atoms with van der Waals surface area (Å²) in [6, 6.07) is 14.4. The fourth-order valence-corrected chi connectivity index (χ4v) is 4.66. The zero-order valence-electron chi connectivity index (χ0n) is 17.0. The van der Waals surface area contributed by atoms with Crippen molar-refractivity contribution in [3.8, 4) is 11.5 Å². The Bertz CT molecular complexity index is 1180. The van der Waals surface area contributed by atoms with Crippen LogP contribution in [0.25, 0.3) is 0 Å². The summed E-state index contributed by atoms with van der Waals surface area (Å²) in [4.78, 5) is 3.84. The highest BCUT2D eigenvalue weighted by molar-refractivity contribution is 7.93. The van der Waals surface area contributed by atoms with Gasteiger partial charge >= 0.3 is 15.5 Å². The molecular weight excluding hydrogens is 441 g/mol. The van der Waals surface area contributed by atoms with Crippen molar-refractivity contribution in [1.82, 2.24) is 4.98 Å². The molecule has 3 aromatic rings. The van der Waals surface area contributed by atoms with Gasteiger partial charge in [-0.15, -0.1) is 0 Å². The molecular formula is C23H21F3N2O3S. The highest BCUT2D eigenvalue weighted by Crippen LogP contribution is 2.34. The normalized spacial score (nSPS) is 14.0. The highest BCUT2D eigenvalue weighted by atomic mass is 32.2. The Balaban J connectivity index is 1.59. The molecule has 0 atom stereocenters. The van der Waals surface area contributed by atoms with Crippen LogP contribution in [0.1, 0.15) is 29.5 Å². The average molecular weight is 462 g/mol. The quantitative estimate of drug-likeness (QED) is 0.478. The summed E-state index contributed by atoms with van der Waals surface area (Å²) in [5.41, 5.74) is -2.68. The number of hydrogen-bond donors (Lipinski definition) is 0. The van der Waals surface area contributed by atoms with E-state index >= 15 is 0 Å².